The van der Waals surface area contributed by atoms with Gasteiger partial charge in [-0.1, -0.05) is 31.9 Å². The fourth-order valence-corrected chi connectivity index (χ4v) is 1.90. The number of hydrogen-bond acceptors (Lipinski definition) is 2. The normalized spacial score (nSPS) is 11.3. The van der Waals surface area contributed by atoms with E-state index in [1.807, 2.05) is 0 Å². The predicted octanol–water partition coefficient (Wildman–Crippen LogP) is 3.54. The zero-order chi connectivity index (χ0) is 12.0. The van der Waals surface area contributed by atoms with Crippen molar-refractivity contribution in [1.29, 1.82) is 0 Å². The first-order chi connectivity index (χ1) is 7.70. The Hall–Kier alpha value is -0.860. The molecule has 0 aromatic carbocycles. The summed E-state index contributed by atoms with van der Waals surface area (Å²) >= 11 is 0. The van der Waals surface area contributed by atoms with Gasteiger partial charge >= 0.3 is 0 Å². The first-order valence-electron chi connectivity index (χ1n) is 6.63. The smallest absolute Gasteiger partial charge is 0.0859 e. The molecular weight excluding hydrogens is 198 g/mol. The fourth-order valence-electron chi connectivity index (χ4n) is 1.90. The molecule has 0 aliphatic carbocycles. The quantitative estimate of drug-likeness (QED) is 0.708. The molecule has 1 heterocycles. The SMILES string of the molecule is CCCCc1nnn(C(C)C)c1CCCC. The highest BCUT2D eigenvalue weighted by Crippen LogP contribution is 2.16. The zero-order valence-electron chi connectivity index (χ0n) is 11.2. The molecule has 0 unspecified atom stereocenters. The van der Waals surface area contributed by atoms with Crippen molar-refractivity contribution in [2.45, 2.75) is 72.3 Å². The van der Waals surface area contributed by atoms with E-state index in [9.17, 15) is 0 Å². The number of nitrogens with zero attached hydrogens (tertiary/aromatic N) is 3. The van der Waals surface area contributed by atoms with E-state index >= 15 is 0 Å². The van der Waals surface area contributed by atoms with Crippen molar-refractivity contribution in [3.05, 3.63) is 11.4 Å². The van der Waals surface area contributed by atoms with Crippen LogP contribution in [0.4, 0.5) is 0 Å². The minimum atomic E-state index is 0.426. The van der Waals surface area contributed by atoms with E-state index in [0.29, 0.717) is 6.04 Å². The van der Waals surface area contributed by atoms with Crippen LogP contribution in [-0.2, 0) is 12.8 Å². The van der Waals surface area contributed by atoms with Gasteiger partial charge < -0.3 is 0 Å². The molecule has 3 nitrogen and oxygen atoms in total. The second-order valence-corrected chi connectivity index (χ2v) is 4.73. The highest BCUT2D eigenvalue weighted by atomic mass is 15.4. The highest BCUT2D eigenvalue weighted by molar-refractivity contribution is 5.11. The van der Waals surface area contributed by atoms with Crippen molar-refractivity contribution in [3.8, 4) is 0 Å². The van der Waals surface area contributed by atoms with Crippen LogP contribution in [0.1, 0.15) is 70.8 Å². The topological polar surface area (TPSA) is 30.7 Å². The lowest BCUT2D eigenvalue weighted by Crippen LogP contribution is -2.08. The fraction of sp³-hybridized carbons (Fsp3) is 0.846. The molecule has 0 spiro atoms. The second-order valence-electron chi connectivity index (χ2n) is 4.73. The Labute approximate surface area is 99.2 Å². The molecule has 0 saturated heterocycles. The van der Waals surface area contributed by atoms with Gasteiger partial charge in [-0.25, -0.2) is 4.68 Å². The lowest BCUT2D eigenvalue weighted by molar-refractivity contribution is 0.490. The molecule has 0 aliphatic heterocycles. The van der Waals surface area contributed by atoms with Gasteiger partial charge in [0.25, 0.3) is 0 Å². The summed E-state index contributed by atoms with van der Waals surface area (Å²) in [5.74, 6) is 0. The van der Waals surface area contributed by atoms with Gasteiger partial charge in [-0.2, -0.15) is 0 Å². The third kappa shape index (κ3) is 3.32. The lowest BCUT2D eigenvalue weighted by Gasteiger charge is -2.10. The maximum absolute atomic E-state index is 4.34. The van der Waals surface area contributed by atoms with Gasteiger partial charge in [-0.15, -0.1) is 5.10 Å². The van der Waals surface area contributed by atoms with E-state index in [2.05, 4.69) is 42.7 Å². The molecule has 0 amide bonds. The van der Waals surface area contributed by atoms with Crippen molar-refractivity contribution in [1.82, 2.24) is 15.0 Å². The van der Waals surface area contributed by atoms with Crippen molar-refractivity contribution < 1.29 is 0 Å². The van der Waals surface area contributed by atoms with Crippen LogP contribution in [0, 0.1) is 0 Å². The Balaban J connectivity index is 2.81. The summed E-state index contributed by atoms with van der Waals surface area (Å²) in [4.78, 5) is 0. The van der Waals surface area contributed by atoms with Gasteiger partial charge in [0, 0.05) is 6.04 Å². The molecule has 1 aromatic rings. The Morgan fingerprint density at radius 1 is 1.06 bits per heavy atom. The van der Waals surface area contributed by atoms with Gasteiger partial charge in [0.2, 0.25) is 0 Å². The minimum Gasteiger partial charge on any atom is -0.247 e. The van der Waals surface area contributed by atoms with E-state index in [1.54, 1.807) is 0 Å². The first kappa shape index (κ1) is 13.2. The lowest BCUT2D eigenvalue weighted by atomic mass is 10.1. The van der Waals surface area contributed by atoms with Crippen LogP contribution < -0.4 is 0 Å². The third-order valence-corrected chi connectivity index (χ3v) is 2.89. The average molecular weight is 223 g/mol. The van der Waals surface area contributed by atoms with Crippen LogP contribution in [0.5, 0.6) is 0 Å². The second kappa shape index (κ2) is 6.66. The first-order valence-corrected chi connectivity index (χ1v) is 6.63. The summed E-state index contributed by atoms with van der Waals surface area (Å²) in [5.41, 5.74) is 2.59. The zero-order valence-corrected chi connectivity index (χ0v) is 11.2. The summed E-state index contributed by atoms with van der Waals surface area (Å²) in [6.45, 7) is 8.80. The van der Waals surface area contributed by atoms with E-state index in [0.717, 1.165) is 12.8 Å². The molecule has 0 saturated carbocycles. The summed E-state index contributed by atoms with van der Waals surface area (Å²) in [7, 11) is 0. The Kier molecular flexibility index (Phi) is 5.50. The number of aromatic nitrogens is 3. The molecule has 1 rings (SSSR count). The van der Waals surface area contributed by atoms with E-state index in [1.165, 1.54) is 37.1 Å². The Morgan fingerprint density at radius 3 is 2.25 bits per heavy atom. The van der Waals surface area contributed by atoms with Crippen LogP contribution in [0.2, 0.25) is 0 Å². The number of aryl methyl sites for hydroxylation is 1. The standard InChI is InChI=1S/C13H25N3/c1-5-7-9-12-13(10-8-6-2)16(11(3)4)15-14-12/h11H,5-10H2,1-4H3. The maximum Gasteiger partial charge on any atom is 0.0859 e. The summed E-state index contributed by atoms with van der Waals surface area (Å²) in [6.07, 6.45) is 7.12. The van der Waals surface area contributed by atoms with Crippen LogP contribution in [0.3, 0.4) is 0 Å². The van der Waals surface area contributed by atoms with Crippen LogP contribution >= 0.6 is 0 Å². The van der Waals surface area contributed by atoms with E-state index in [-0.39, 0.29) is 0 Å². The van der Waals surface area contributed by atoms with Crippen LogP contribution in [-0.4, -0.2) is 15.0 Å². The predicted molar refractivity (Wildman–Crippen MR) is 67.6 cm³/mol. The van der Waals surface area contributed by atoms with Gasteiger partial charge in [-0.05, 0) is 39.5 Å². The van der Waals surface area contributed by atoms with E-state index in [4.69, 9.17) is 0 Å². The Bertz CT molecular complexity index is 302. The highest BCUT2D eigenvalue weighted by Gasteiger charge is 2.13. The van der Waals surface area contributed by atoms with E-state index < -0.39 is 0 Å². The molecule has 3 heteroatoms. The molecular formula is C13H25N3. The molecule has 0 atom stereocenters. The van der Waals surface area contributed by atoms with Crippen molar-refractivity contribution >= 4 is 0 Å². The maximum atomic E-state index is 4.34. The molecule has 0 aliphatic rings. The molecule has 1 aromatic heterocycles. The average Bonchev–Trinajstić information content (AvgIpc) is 2.66. The van der Waals surface area contributed by atoms with Crippen molar-refractivity contribution in [2.24, 2.45) is 0 Å². The molecule has 0 fully saturated rings. The van der Waals surface area contributed by atoms with Gasteiger partial charge in [0.15, 0.2) is 0 Å². The number of hydrogen-bond donors (Lipinski definition) is 0. The monoisotopic (exact) mass is 223 g/mol. The minimum absolute atomic E-state index is 0.426. The molecule has 0 N–H and O–H groups in total. The number of rotatable bonds is 7. The molecule has 16 heavy (non-hydrogen) atoms. The van der Waals surface area contributed by atoms with Crippen molar-refractivity contribution in [3.63, 3.8) is 0 Å². The summed E-state index contributed by atoms with van der Waals surface area (Å²) < 4.78 is 2.10. The summed E-state index contributed by atoms with van der Waals surface area (Å²) in [5, 5.41) is 8.63. The third-order valence-electron chi connectivity index (χ3n) is 2.89. The number of unbranched alkanes of at least 4 members (excludes halogenated alkanes) is 2. The Morgan fingerprint density at radius 2 is 1.69 bits per heavy atom. The van der Waals surface area contributed by atoms with Gasteiger partial charge in [0.05, 0.1) is 11.4 Å². The van der Waals surface area contributed by atoms with Crippen LogP contribution in [0.25, 0.3) is 0 Å². The molecule has 0 radical (unpaired) electrons. The largest absolute Gasteiger partial charge is 0.247 e. The molecule has 0 bridgehead atoms. The van der Waals surface area contributed by atoms with Crippen LogP contribution in [0.15, 0.2) is 0 Å². The summed E-state index contributed by atoms with van der Waals surface area (Å²) in [6, 6.07) is 0.426. The van der Waals surface area contributed by atoms with Gasteiger partial charge in [-0.3, -0.25) is 0 Å². The van der Waals surface area contributed by atoms with Gasteiger partial charge in [0.1, 0.15) is 0 Å². The molecule has 92 valence electrons. The van der Waals surface area contributed by atoms with Crippen molar-refractivity contribution in [2.75, 3.05) is 0 Å².